The molecule has 1 aromatic heterocycles. The third-order valence-corrected chi connectivity index (χ3v) is 7.76. The topological polar surface area (TPSA) is 174 Å². The number of ether oxygens (including phenoxy) is 3. The van der Waals surface area contributed by atoms with Crippen LogP contribution in [0, 0.1) is 5.82 Å². The van der Waals surface area contributed by atoms with Crippen molar-refractivity contribution < 1.29 is 50.7 Å². The van der Waals surface area contributed by atoms with Gasteiger partial charge in [0.2, 0.25) is 5.75 Å². The second-order valence-electron chi connectivity index (χ2n) is 8.84. The van der Waals surface area contributed by atoms with Gasteiger partial charge < -0.3 is 34.2 Å². The predicted octanol–water partition coefficient (Wildman–Crippen LogP) is 3.24. The van der Waals surface area contributed by atoms with Crippen molar-refractivity contribution in [3.63, 3.8) is 0 Å². The summed E-state index contributed by atoms with van der Waals surface area (Å²) < 4.78 is 71.3. The summed E-state index contributed by atoms with van der Waals surface area (Å²) in [5.41, 5.74) is -0.0969. The van der Waals surface area contributed by atoms with Gasteiger partial charge in [-0.2, -0.15) is 0 Å². The number of halogens is 1. The molecule has 39 heavy (non-hydrogen) atoms. The Morgan fingerprint density at radius 3 is 2.54 bits per heavy atom. The van der Waals surface area contributed by atoms with Crippen LogP contribution < -0.4 is 14.8 Å². The Bertz CT molecular complexity index is 1310. The molecule has 0 bridgehead atoms. The van der Waals surface area contributed by atoms with Crippen LogP contribution in [0.5, 0.6) is 11.5 Å². The van der Waals surface area contributed by atoms with E-state index in [0.29, 0.717) is 31.7 Å². The number of phosphoric acid groups is 1. The Morgan fingerprint density at radius 1 is 1.26 bits per heavy atom. The molecule has 3 rings (SSSR count). The number of piperidine rings is 1. The number of rotatable bonds is 11. The highest BCUT2D eigenvalue weighted by molar-refractivity contribution is 7.91. The first-order valence-corrected chi connectivity index (χ1v) is 15.1. The van der Waals surface area contributed by atoms with Gasteiger partial charge >= 0.3 is 13.9 Å². The Hall–Kier alpha value is -2.97. The highest BCUT2D eigenvalue weighted by Gasteiger charge is 2.27. The van der Waals surface area contributed by atoms with Gasteiger partial charge in [-0.3, -0.25) is 4.52 Å². The van der Waals surface area contributed by atoms with Crippen molar-refractivity contribution in [3.8, 4) is 11.5 Å². The van der Waals surface area contributed by atoms with Crippen LogP contribution in [0.25, 0.3) is 0 Å². The van der Waals surface area contributed by atoms with Gasteiger partial charge in [0.05, 0.1) is 36.2 Å². The van der Waals surface area contributed by atoms with Crippen molar-refractivity contribution >= 4 is 35.3 Å². The monoisotopic (exact) mass is 591 g/mol. The number of benzene rings is 1. The number of carbonyl (C=O) groups is 1. The molecular formula is C23H31FN3O10PS. The molecule has 3 N–H and O–H groups in total. The second-order valence-corrected chi connectivity index (χ2v) is 12.2. The van der Waals surface area contributed by atoms with Gasteiger partial charge in [-0.25, -0.2) is 27.2 Å². The number of methoxy groups -OCH3 is 1. The summed E-state index contributed by atoms with van der Waals surface area (Å²) >= 11 is 0. The van der Waals surface area contributed by atoms with Crippen LogP contribution in [0.4, 0.5) is 20.7 Å². The van der Waals surface area contributed by atoms with Gasteiger partial charge in [0.15, 0.2) is 21.4 Å². The number of hydrogen-bond acceptors (Lipinski definition) is 10. The van der Waals surface area contributed by atoms with Crippen molar-refractivity contribution in [1.29, 1.82) is 0 Å². The van der Waals surface area contributed by atoms with Gasteiger partial charge in [0.1, 0.15) is 11.9 Å². The molecule has 1 saturated heterocycles. The number of likely N-dealkylation sites (tertiary alicyclic amines) is 1. The maximum Gasteiger partial charge on any atom is 0.469 e. The number of nitrogens with zero attached hydrogens (tertiary/aromatic N) is 2. The van der Waals surface area contributed by atoms with E-state index < -0.39 is 35.8 Å². The summed E-state index contributed by atoms with van der Waals surface area (Å²) in [6.07, 6.45) is 1.77. The molecule has 0 saturated carbocycles. The van der Waals surface area contributed by atoms with Crippen LogP contribution in [0.15, 0.2) is 35.4 Å². The Kier molecular flexibility index (Phi) is 10.1. The summed E-state index contributed by atoms with van der Waals surface area (Å²) in [4.78, 5) is 34.9. The molecule has 2 heterocycles. The molecule has 1 amide bonds. The normalized spacial score (nSPS) is 14.8. The molecule has 1 aliphatic rings. The average Bonchev–Trinajstić information content (AvgIpc) is 2.84. The number of amides is 1. The highest BCUT2D eigenvalue weighted by Crippen LogP contribution is 2.38. The van der Waals surface area contributed by atoms with Crippen molar-refractivity contribution in [1.82, 2.24) is 9.88 Å². The molecule has 0 spiro atoms. The fourth-order valence-corrected chi connectivity index (χ4v) is 5.27. The van der Waals surface area contributed by atoms with Crippen LogP contribution in [0.1, 0.15) is 26.7 Å². The minimum absolute atomic E-state index is 0.0969. The van der Waals surface area contributed by atoms with Gasteiger partial charge in [0.25, 0.3) is 0 Å². The molecule has 1 aliphatic heterocycles. The fourth-order valence-electron chi connectivity index (χ4n) is 3.72. The van der Waals surface area contributed by atoms with Crippen LogP contribution in [0.3, 0.4) is 0 Å². The number of hydrogen-bond donors (Lipinski definition) is 3. The number of pyridine rings is 1. The minimum Gasteiger partial charge on any atom is -0.490 e. The van der Waals surface area contributed by atoms with Crippen LogP contribution in [0.2, 0.25) is 0 Å². The van der Waals surface area contributed by atoms with E-state index in [1.807, 2.05) is 0 Å². The zero-order valence-corrected chi connectivity index (χ0v) is 23.3. The number of anilines is 2. The van der Waals surface area contributed by atoms with Crippen molar-refractivity contribution in [2.45, 2.75) is 43.8 Å². The van der Waals surface area contributed by atoms with Crippen LogP contribution in [-0.2, 0) is 23.7 Å². The number of phosphoric ester groups is 1. The largest absolute Gasteiger partial charge is 0.490 e. The molecule has 1 aromatic carbocycles. The van der Waals surface area contributed by atoms with E-state index in [1.54, 1.807) is 24.8 Å². The van der Waals surface area contributed by atoms with Crippen molar-refractivity contribution in [2.75, 3.05) is 37.9 Å². The van der Waals surface area contributed by atoms with E-state index in [1.165, 1.54) is 19.4 Å². The zero-order chi connectivity index (χ0) is 28.8. The molecule has 0 radical (unpaired) electrons. The molecule has 0 atom stereocenters. The summed E-state index contributed by atoms with van der Waals surface area (Å²) in [5.74, 6) is -0.996. The Balaban J connectivity index is 1.68. The van der Waals surface area contributed by atoms with Gasteiger partial charge in [-0.05, 0) is 32.0 Å². The summed E-state index contributed by atoms with van der Waals surface area (Å²) in [7, 11) is -7.51. The number of sulfone groups is 1. The van der Waals surface area contributed by atoms with E-state index >= 15 is 0 Å². The molecule has 1 fully saturated rings. The molecule has 0 unspecified atom stereocenters. The highest BCUT2D eigenvalue weighted by atomic mass is 32.2. The van der Waals surface area contributed by atoms with Gasteiger partial charge in [0, 0.05) is 38.2 Å². The second kappa shape index (κ2) is 12.9. The summed E-state index contributed by atoms with van der Waals surface area (Å²) in [5, 5.41) is 2.77. The lowest BCUT2D eigenvalue weighted by Gasteiger charge is -2.32. The lowest BCUT2D eigenvalue weighted by molar-refractivity contribution is 0.0511. The van der Waals surface area contributed by atoms with Crippen molar-refractivity contribution in [3.05, 3.63) is 36.3 Å². The maximum absolute atomic E-state index is 14.8. The summed E-state index contributed by atoms with van der Waals surface area (Å²) in [6.45, 7) is 3.72. The first-order chi connectivity index (χ1) is 18.3. The number of carbonyl (C=O) groups excluding carboxylic acids is 1. The summed E-state index contributed by atoms with van der Waals surface area (Å²) in [6, 6.07) is 4.70. The van der Waals surface area contributed by atoms with E-state index in [9.17, 15) is 22.2 Å². The van der Waals surface area contributed by atoms with Gasteiger partial charge in [-0.15, -0.1) is 0 Å². The average molecular weight is 592 g/mol. The van der Waals surface area contributed by atoms with E-state index in [-0.39, 0.29) is 40.5 Å². The lowest BCUT2D eigenvalue weighted by atomic mass is 10.1. The Morgan fingerprint density at radius 2 is 1.95 bits per heavy atom. The molecule has 16 heteroatoms. The molecule has 13 nitrogen and oxygen atoms in total. The minimum atomic E-state index is -4.83. The van der Waals surface area contributed by atoms with E-state index in [4.69, 9.17) is 24.0 Å². The van der Waals surface area contributed by atoms with Crippen LogP contribution >= 0.6 is 7.82 Å². The number of nitrogens with one attached hydrogen (secondary N) is 1. The van der Waals surface area contributed by atoms with Gasteiger partial charge in [-0.1, -0.05) is 0 Å². The maximum atomic E-state index is 14.8. The van der Waals surface area contributed by atoms with E-state index in [0.717, 1.165) is 12.1 Å². The zero-order valence-electron chi connectivity index (χ0n) is 21.6. The molecule has 0 aliphatic carbocycles. The first kappa shape index (κ1) is 30.6. The molecule has 216 valence electrons. The van der Waals surface area contributed by atoms with Crippen molar-refractivity contribution in [2.24, 2.45) is 0 Å². The molecule has 2 aromatic rings. The van der Waals surface area contributed by atoms with Crippen LogP contribution in [-0.4, -0.2) is 78.9 Å². The third kappa shape index (κ3) is 8.77. The Labute approximate surface area is 225 Å². The third-order valence-electron chi connectivity index (χ3n) is 5.57. The quantitative estimate of drug-likeness (QED) is 0.326. The standard InChI is InChI=1S/C23H31FN3O10PS/c1-15(2)36-23(28)27-10-7-16(8-11-27)37-20-6-9-25-22(21(20)34-3)26-19-5-4-17(14-18(19)24)39(32,33)13-12-35-38(29,30)31/h4-6,9,14-16H,7-8,10-13H2,1-3H3,(H,25,26)(H2,29,30,31). The number of aromatic nitrogens is 1. The fraction of sp³-hybridized carbons (Fsp3) is 0.478. The SMILES string of the molecule is COc1c(OC2CCN(C(=O)OC(C)C)CC2)ccnc1Nc1ccc(S(=O)(=O)CCOP(=O)(O)O)cc1F. The predicted molar refractivity (Wildman–Crippen MR) is 137 cm³/mol. The smallest absolute Gasteiger partial charge is 0.469 e. The molecular weight excluding hydrogens is 560 g/mol. The first-order valence-electron chi connectivity index (χ1n) is 11.9. The lowest BCUT2D eigenvalue weighted by Crippen LogP contribution is -2.42. The van der Waals surface area contributed by atoms with E-state index in [2.05, 4.69) is 14.8 Å².